The predicted molar refractivity (Wildman–Crippen MR) is 67.3 cm³/mol. The van der Waals surface area contributed by atoms with E-state index in [9.17, 15) is 13.2 Å². The van der Waals surface area contributed by atoms with Gasteiger partial charge in [-0.1, -0.05) is 6.92 Å². The van der Waals surface area contributed by atoms with Gasteiger partial charge in [-0.05, 0) is 26.3 Å². The van der Waals surface area contributed by atoms with Crippen LogP contribution in [0.2, 0.25) is 0 Å². The summed E-state index contributed by atoms with van der Waals surface area (Å²) in [5, 5.41) is 3.22. The van der Waals surface area contributed by atoms with Crippen LogP contribution < -0.4 is 10.0 Å². The molecule has 106 valence electrons. The Morgan fingerprint density at radius 2 is 2.22 bits per heavy atom. The van der Waals surface area contributed by atoms with Crippen LogP contribution >= 0.6 is 0 Å². The summed E-state index contributed by atoms with van der Waals surface area (Å²) in [6.45, 7) is 5.08. The topological polar surface area (TPSA) is 87.7 Å². The first-order valence-corrected chi connectivity index (χ1v) is 7.61. The van der Waals surface area contributed by atoms with Crippen molar-refractivity contribution in [3.8, 4) is 0 Å². The molecule has 2 N–H and O–H groups in total. The molecule has 18 heavy (non-hydrogen) atoms. The molecule has 0 aromatic rings. The van der Waals surface area contributed by atoms with Crippen LogP contribution in [0.25, 0.3) is 0 Å². The van der Waals surface area contributed by atoms with Gasteiger partial charge in [0, 0.05) is 19.1 Å². The second-order valence-corrected chi connectivity index (χ2v) is 5.74. The van der Waals surface area contributed by atoms with Gasteiger partial charge >= 0.3 is 16.3 Å². The number of nitrogens with one attached hydrogen (secondary N) is 2. The highest BCUT2D eigenvalue weighted by molar-refractivity contribution is 7.87. The van der Waals surface area contributed by atoms with E-state index in [1.165, 1.54) is 4.31 Å². The summed E-state index contributed by atoms with van der Waals surface area (Å²) in [6, 6.07) is 0.156. The van der Waals surface area contributed by atoms with Crippen molar-refractivity contribution in [3.05, 3.63) is 0 Å². The third-order valence-electron chi connectivity index (χ3n) is 2.77. The number of hydrogen-bond donors (Lipinski definition) is 2. The predicted octanol–water partition coefficient (Wildman–Crippen LogP) is 0.0512. The molecule has 0 spiro atoms. The molecule has 1 fully saturated rings. The maximum Gasteiger partial charge on any atom is 0.421 e. The van der Waals surface area contributed by atoms with Crippen LogP contribution in [0.4, 0.5) is 4.79 Å². The highest BCUT2D eigenvalue weighted by Crippen LogP contribution is 2.09. The summed E-state index contributed by atoms with van der Waals surface area (Å²) in [5.74, 6) is 0. The normalized spacial score (nSPS) is 20.1. The number of ether oxygens (including phenoxy) is 1. The monoisotopic (exact) mass is 279 g/mol. The second kappa shape index (κ2) is 6.91. The fourth-order valence-corrected chi connectivity index (χ4v) is 3.00. The van der Waals surface area contributed by atoms with Crippen LogP contribution in [0.15, 0.2) is 0 Å². The summed E-state index contributed by atoms with van der Waals surface area (Å²) in [4.78, 5) is 11.2. The molecule has 1 amide bonds. The fraction of sp³-hybridized carbons (Fsp3) is 0.900. The third kappa shape index (κ3) is 4.43. The molecule has 0 aromatic heterocycles. The molecule has 0 saturated carbocycles. The minimum absolute atomic E-state index is 0.137. The largest absolute Gasteiger partial charge is 0.449 e. The molecule has 0 radical (unpaired) electrons. The fourth-order valence-electron chi connectivity index (χ4n) is 1.89. The lowest BCUT2D eigenvalue weighted by Crippen LogP contribution is -2.48. The smallest absolute Gasteiger partial charge is 0.421 e. The van der Waals surface area contributed by atoms with Gasteiger partial charge in [-0.3, -0.25) is 0 Å². The molecule has 1 unspecified atom stereocenters. The first-order chi connectivity index (χ1) is 8.49. The van der Waals surface area contributed by atoms with Crippen molar-refractivity contribution in [2.75, 3.05) is 26.2 Å². The highest BCUT2D eigenvalue weighted by atomic mass is 32.2. The van der Waals surface area contributed by atoms with Gasteiger partial charge in [-0.2, -0.15) is 12.7 Å². The molecule has 1 heterocycles. The Hall–Kier alpha value is -0.860. The number of hydrogen-bond acceptors (Lipinski definition) is 5. The van der Waals surface area contributed by atoms with Gasteiger partial charge in [0.25, 0.3) is 0 Å². The van der Waals surface area contributed by atoms with Crippen molar-refractivity contribution in [2.45, 2.75) is 32.7 Å². The number of nitrogens with zero attached hydrogens (tertiary/aromatic N) is 1. The van der Waals surface area contributed by atoms with Crippen molar-refractivity contribution in [2.24, 2.45) is 0 Å². The zero-order valence-corrected chi connectivity index (χ0v) is 11.6. The Balaban J connectivity index is 2.58. The zero-order chi connectivity index (χ0) is 13.6. The number of likely N-dealkylation sites (N-methyl/N-ethyl adjacent to an activating group) is 1. The lowest BCUT2D eigenvalue weighted by Gasteiger charge is -2.23. The molecule has 1 aliphatic rings. The van der Waals surface area contributed by atoms with E-state index in [-0.39, 0.29) is 12.6 Å². The van der Waals surface area contributed by atoms with Crippen molar-refractivity contribution in [3.63, 3.8) is 0 Å². The maximum absolute atomic E-state index is 11.9. The zero-order valence-electron chi connectivity index (χ0n) is 10.8. The first kappa shape index (κ1) is 15.2. The number of rotatable bonds is 6. The van der Waals surface area contributed by atoms with Crippen molar-refractivity contribution in [1.82, 2.24) is 14.3 Å². The van der Waals surface area contributed by atoms with Gasteiger partial charge in [0.15, 0.2) is 0 Å². The Kier molecular flexibility index (Phi) is 5.83. The van der Waals surface area contributed by atoms with Crippen molar-refractivity contribution >= 4 is 16.3 Å². The van der Waals surface area contributed by atoms with Crippen LogP contribution in [-0.4, -0.2) is 51.1 Å². The van der Waals surface area contributed by atoms with E-state index in [0.717, 1.165) is 19.4 Å². The molecule has 1 rings (SSSR count). The van der Waals surface area contributed by atoms with Crippen molar-refractivity contribution < 1.29 is 17.9 Å². The van der Waals surface area contributed by atoms with Gasteiger partial charge in [0.05, 0.1) is 6.61 Å². The summed E-state index contributed by atoms with van der Waals surface area (Å²) in [5.41, 5.74) is 0. The SMILES string of the molecule is CCOC(=O)NS(=O)(=O)N(CC)CC1CCCN1. The standard InChI is InChI=1S/C10H21N3O4S/c1-3-13(8-9-6-5-7-11-9)18(15,16)12-10(14)17-4-2/h9,11H,3-8H2,1-2H3,(H,12,14). The average Bonchev–Trinajstić information content (AvgIpc) is 2.77. The van der Waals surface area contributed by atoms with Crippen LogP contribution in [0.3, 0.4) is 0 Å². The number of carbonyl (C=O) groups is 1. The Labute approximate surface area is 108 Å². The quantitative estimate of drug-likeness (QED) is 0.717. The molecular formula is C10H21N3O4S. The van der Waals surface area contributed by atoms with Crippen LogP contribution in [0.1, 0.15) is 26.7 Å². The molecule has 1 aliphatic heterocycles. The molecule has 1 atom stereocenters. The lowest BCUT2D eigenvalue weighted by atomic mass is 10.2. The number of amides is 1. The van der Waals surface area contributed by atoms with Crippen LogP contribution in [0, 0.1) is 0 Å². The van der Waals surface area contributed by atoms with Gasteiger partial charge in [0.2, 0.25) is 0 Å². The highest BCUT2D eigenvalue weighted by Gasteiger charge is 2.27. The van der Waals surface area contributed by atoms with Crippen molar-refractivity contribution in [1.29, 1.82) is 0 Å². The second-order valence-electron chi connectivity index (χ2n) is 4.07. The van der Waals surface area contributed by atoms with Gasteiger partial charge < -0.3 is 10.1 Å². The minimum Gasteiger partial charge on any atom is -0.449 e. The van der Waals surface area contributed by atoms with E-state index in [1.54, 1.807) is 13.8 Å². The Morgan fingerprint density at radius 1 is 1.50 bits per heavy atom. The van der Waals surface area contributed by atoms with Gasteiger partial charge in [-0.15, -0.1) is 0 Å². The first-order valence-electron chi connectivity index (χ1n) is 6.17. The van der Waals surface area contributed by atoms with E-state index in [2.05, 4.69) is 10.1 Å². The summed E-state index contributed by atoms with van der Waals surface area (Å²) >= 11 is 0. The summed E-state index contributed by atoms with van der Waals surface area (Å²) in [7, 11) is -3.81. The molecular weight excluding hydrogens is 258 g/mol. The van der Waals surface area contributed by atoms with Crippen LogP contribution in [0.5, 0.6) is 0 Å². The van der Waals surface area contributed by atoms with E-state index >= 15 is 0 Å². The van der Waals surface area contributed by atoms with Gasteiger partial charge in [0.1, 0.15) is 0 Å². The van der Waals surface area contributed by atoms with E-state index in [4.69, 9.17) is 0 Å². The molecule has 0 bridgehead atoms. The Morgan fingerprint density at radius 3 is 2.72 bits per heavy atom. The molecule has 0 aromatic carbocycles. The lowest BCUT2D eigenvalue weighted by molar-refractivity contribution is 0.158. The number of carbonyl (C=O) groups excluding carboxylic acids is 1. The Bertz CT molecular complexity index is 365. The molecule has 8 heteroatoms. The summed E-state index contributed by atoms with van der Waals surface area (Å²) in [6.07, 6.45) is 1.06. The van der Waals surface area contributed by atoms with E-state index in [1.807, 2.05) is 4.72 Å². The van der Waals surface area contributed by atoms with Crippen LogP contribution in [-0.2, 0) is 14.9 Å². The van der Waals surface area contributed by atoms with Gasteiger partial charge in [-0.25, -0.2) is 9.52 Å². The average molecular weight is 279 g/mol. The van der Waals surface area contributed by atoms with E-state index in [0.29, 0.717) is 13.1 Å². The van der Waals surface area contributed by atoms with E-state index < -0.39 is 16.3 Å². The molecule has 1 saturated heterocycles. The molecule has 0 aliphatic carbocycles. The maximum atomic E-state index is 11.9. The summed E-state index contributed by atoms with van der Waals surface area (Å²) < 4.78 is 31.5. The minimum atomic E-state index is -3.81. The third-order valence-corrected chi connectivity index (χ3v) is 4.28. The molecule has 7 nitrogen and oxygen atoms in total.